The third-order valence-corrected chi connectivity index (χ3v) is 6.07. The molecular formula is C24H26N2O4S2. The van der Waals surface area contributed by atoms with Crippen LogP contribution in [-0.2, 0) is 9.59 Å². The van der Waals surface area contributed by atoms with E-state index in [0.29, 0.717) is 17.0 Å². The Bertz CT molecular complexity index is 1030. The Hall–Kier alpha value is -2.71. The van der Waals surface area contributed by atoms with Crippen molar-refractivity contribution in [2.75, 3.05) is 0 Å². The number of carbonyl (C=O) groups excluding carboxylic acids is 1. The summed E-state index contributed by atoms with van der Waals surface area (Å²) in [5, 5.41) is 9.59. The van der Waals surface area contributed by atoms with Crippen molar-refractivity contribution in [3.63, 3.8) is 0 Å². The molecule has 1 amide bonds. The third-order valence-electron chi connectivity index (χ3n) is 4.74. The van der Waals surface area contributed by atoms with Gasteiger partial charge in [0.1, 0.15) is 16.1 Å². The summed E-state index contributed by atoms with van der Waals surface area (Å²) in [5.74, 6) is -0.513. The van der Waals surface area contributed by atoms with Crippen molar-refractivity contribution >= 4 is 46.3 Å². The van der Waals surface area contributed by atoms with E-state index in [1.807, 2.05) is 64.1 Å². The normalized spacial score (nSPS) is 16.3. The largest absolute Gasteiger partial charge is 0.491 e. The molecule has 3 rings (SSSR count). The molecule has 1 aliphatic heterocycles. The van der Waals surface area contributed by atoms with E-state index in [2.05, 4.69) is 4.98 Å². The van der Waals surface area contributed by atoms with Crippen LogP contribution in [0.3, 0.4) is 0 Å². The number of rotatable bonds is 8. The van der Waals surface area contributed by atoms with Gasteiger partial charge in [0.05, 0.1) is 16.7 Å². The van der Waals surface area contributed by atoms with Gasteiger partial charge in [-0.1, -0.05) is 56.0 Å². The monoisotopic (exact) mass is 470 g/mol. The standard InChI is InChI=1S/C24H26N2O4S2/c1-14(2)11-20(23(28)29)26-22(27)21(32-24(26)31)12-18-8-5-17(13-25-18)16-6-9-19(10-7-16)30-15(3)4/h5-10,12-15,20H,11H2,1-4H3,(H,28,29)/b21-12-/t20-/m0/s1. The minimum absolute atomic E-state index is 0.116. The van der Waals surface area contributed by atoms with Gasteiger partial charge in [0.2, 0.25) is 0 Å². The molecular weight excluding hydrogens is 444 g/mol. The molecule has 1 N–H and O–H groups in total. The number of thioether (sulfide) groups is 1. The second kappa shape index (κ2) is 10.3. The number of amides is 1. The highest BCUT2D eigenvalue weighted by Crippen LogP contribution is 2.35. The minimum Gasteiger partial charge on any atom is -0.491 e. The van der Waals surface area contributed by atoms with Gasteiger partial charge in [-0.05, 0) is 56.0 Å². The first-order valence-corrected chi connectivity index (χ1v) is 11.6. The van der Waals surface area contributed by atoms with Crippen molar-refractivity contribution in [3.05, 3.63) is 53.2 Å². The summed E-state index contributed by atoms with van der Waals surface area (Å²) in [7, 11) is 0. The number of ether oxygens (including phenoxy) is 1. The van der Waals surface area contributed by atoms with Crippen molar-refractivity contribution in [3.8, 4) is 16.9 Å². The van der Waals surface area contributed by atoms with Crippen LogP contribution in [0, 0.1) is 5.92 Å². The molecule has 1 aromatic carbocycles. The molecule has 0 aliphatic carbocycles. The molecule has 2 heterocycles. The highest BCUT2D eigenvalue weighted by molar-refractivity contribution is 8.26. The fraction of sp³-hybridized carbons (Fsp3) is 0.333. The van der Waals surface area contributed by atoms with Crippen molar-refractivity contribution in [2.45, 2.75) is 46.3 Å². The topological polar surface area (TPSA) is 79.7 Å². The van der Waals surface area contributed by atoms with E-state index in [-0.39, 0.29) is 22.2 Å². The zero-order valence-corrected chi connectivity index (χ0v) is 20.1. The number of hydrogen-bond donors (Lipinski definition) is 1. The van der Waals surface area contributed by atoms with Gasteiger partial charge in [0.25, 0.3) is 5.91 Å². The van der Waals surface area contributed by atoms with Crippen LogP contribution < -0.4 is 4.74 Å². The smallest absolute Gasteiger partial charge is 0.326 e. The van der Waals surface area contributed by atoms with Crippen molar-refractivity contribution in [2.24, 2.45) is 5.92 Å². The molecule has 0 bridgehead atoms. The van der Waals surface area contributed by atoms with Crippen molar-refractivity contribution in [1.82, 2.24) is 9.88 Å². The average Bonchev–Trinajstić information content (AvgIpc) is 2.99. The first kappa shape index (κ1) is 23.9. The predicted octanol–water partition coefficient (Wildman–Crippen LogP) is 5.24. The van der Waals surface area contributed by atoms with Gasteiger partial charge in [-0.2, -0.15) is 0 Å². The molecule has 168 valence electrons. The molecule has 6 nitrogen and oxygen atoms in total. The van der Waals surface area contributed by atoms with Crippen LogP contribution >= 0.6 is 24.0 Å². The van der Waals surface area contributed by atoms with Gasteiger partial charge in [0, 0.05) is 11.8 Å². The summed E-state index contributed by atoms with van der Waals surface area (Å²) in [6, 6.07) is 10.6. The van der Waals surface area contributed by atoms with Crippen LogP contribution in [0.25, 0.3) is 17.2 Å². The van der Waals surface area contributed by atoms with E-state index in [1.165, 1.54) is 4.90 Å². The van der Waals surface area contributed by atoms with Crippen LogP contribution in [0.15, 0.2) is 47.5 Å². The van der Waals surface area contributed by atoms with Gasteiger partial charge in [-0.15, -0.1) is 0 Å². The Morgan fingerprint density at radius 3 is 2.34 bits per heavy atom. The first-order valence-electron chi connectivity index (χ1n) is 10.4. The zero-order chi connectivity index (χ0) is 23.4. The lowest BCUT2D eigenvalue weighted by atomic mass is 10.0. The Morgan fingerprint density at radius 2 is 1.81 bits per heavy atom. The quantitative estimate of drug-likeness (QED) is 0.418. The number of benzene rings is 1. The molecule has 0 unspecified atom stereocenters. The highest BCUT2D eigenvalue weighted by Gasteiger charge is 2.40. The number of carboxylic acid groups (broad SMARTS) is 1. The summed E-state index contributed by atoms with van der Waals surface area (Å²) in [5.41, 5.74) is 2.54. The van der Waals surface area contributed by atoms with E-state index in [1.54, 1.807) is 12.3 Å². The van der Waals surface area contributed by atoms with Gasteiger partial charge in [-0.3, -0.25) is 14.7 Å². The molecule has 2 aromatic rings. The van der Waals surface area contributed by atoms with Crippen molar-refractivity contribution in [1.29, 1.82) is 0 Å². The number of hydrogen-bond acceptors (Lipinski definition) is 6. The number of pyridine rings is 1. The molecule has 1 saturated heterocycles. The summed E-state index contributed by atoms with van der Waals surface area (Å²) in [6.07, 6.45) is 3.84. The molecule has 1 aromatic heterocycles. The van der Waals surface area contributed by atoms with Crippen LogP contribution in [0.1, 0.15) is 39.8 Å². The van der Waals surface area contributed by atoms with Gasteiger partial charge < -0.3 is 9.84 Å². The fourth-order valence-electron chi connectivity index (χ4n) is 3.31. The van der Waals surface area contributed by atoms with Crippen molar-refractivity contribution < 1.29 is 19.4 Å². The summed E-state index contributed by atoms with van der Waals surface area (Å²) in [4.78, 5) is 30.6. The lowest BCUT2D eigenvalue weighted by molar-refractivity contribution is -0.145. The molecule has 8 heteroatoms. The summed E-state index contributed by atoms with van der Waals surface area (Å²) < 4.78 is 5.93. The summed E-state index contributed by atoms with van der Waals surface area (Å²) in [6.45, 7) is 7.80. The Kier molecular flexibility index (Phi) is 7.69. The molecule has 32 heavy (non-hydrogen) atoms. The maximum absolute atomic E-state index is 12.9. The molecule has 1 atom stereocenters. The second-order valence-electron chi connectivity index (χ2n) is 8.20. The lowest BCUT2D eigenvalue weighted by Crippen LogP contribution is -2.44. The van der Waals surface area contributed by atoms with Crippen LogP contribution in [0.4, 0.5) is 0 Å². The number of nitrogens with zero attached hydrogens (tertiary/aromatic N) is 2. The van der Waals surface area contributed by atoms with E-state index in [4.69, 9.17) is 17.0 Å². The SMILES string of the molecule is CC(C)C[C@@H](C(=O)O)N1C(=O)/C(=C/c2ccc(-c3ccc(OC(C)C)cc3)cn2)SC1=S. The number of aliphatic carboxylic acids is 1. The molecule has 0 radical (unpaired) electrons. The van der Waals surface area contributed by atoms with E-state index in [9.17, 15) is 14.7 Å². The molecule has 1 aliphatic rings. The van der Waals surface area contributed by atoms with E-state index in [0.717, 1.165) is 28.6 Å². The summed E-state index contributed by atoms with van der Waals surface area (Å²) >= 11 is 6.42. The number of aromatic nitrogens is 1. The van der Waals surface area contributed by atoms with Crippen LogP contribution in [0.5, 0.6) is 5.75 Å². The van der Waals surface area contributed by atoms with Gasteiger partial charge in [0.15, 0.2) is 0 Å². The van der Waals surface area contributed by atoms with Gasteiger partial charge >= 0.3 is 5.97 Å². The Balaban J connectivity index is 1.77. The van der Waals surface area contributed by atoms with E-state index >= 15 is 0 Å². The average molecular weight is 471 g/mol. The second-order valence-corrected chi connectivity index (χ2v) is 9.87. The minimum atomic E-state index is -1.05. The van der Waals surface area contributed by atoms with Crippen LogP contribution in [-0.4, -0.2) is 43.3 Å². The first-order chi connectivity index (χ1) is 15.2. The number of carboxylic acids is 1. The van der Waals surface area contributed by atoms with Crippen LogP contribution in [0.2, 0.25) is 0 Å². The lowest BCUT2D eigenvalue weighted by Gasteiger charge is -2.24. The molecule has 0 spiro atoms. The highest BCUT2D eigenvalue weighted by atomic mass is 32.2. The van der Waals surface area contributed by atoms with E-state index < -0.39 is 12.0 Å². The Morgan fingerprint density at radius 1 is 1.16 bits per heavy atom. The van der Waals surface area contributed by atoms with Gasteiger partial charge in [-0.25, -0.2) is 4.79 Å². The molecule has 0 saturated carbocycles. The Labute approximate surface area is 197 Å². The number of carbonyl (C=O) groups is 2. The number of thiocarbonyl (C=S) groups is 1. The predicted molar refractivity (Wildman–Crippen MR) is 131 cm³/mol. The zero-order valence-electron chi connectivity index (χ0n) is 18.4. The maximum Gasteiger partial charge on any atom is 0.326 e. The fourth-order valence-corrected chi connectivity index (χ4v) is 4.65. The third kappa shape index (κ3) is 5.75. The maximum atomic E-state index is 12.9. The molecule has 1 fully saturated rings.